The molecule has 1 nitrogen and oxygen atoms in total. The topological polar surface area (TPSA) is 17.1 Å². The molecule has 0 N–H and O–H groups in total. The lowest BCUT2D eigenvalue weighted by Crippen LogP contribution is -1.95. The molecule has 0 atom stereocenters. The summed E-state index contributed by atoms with van der Waals surface area (Å²) in [7, 11) is 0. The molecule has 0 aromatic heterocycles. The van der Waals surface area contributed by atoms with Gasteiger partial charge in [-0.1, -0.05) is 35.4 Å². The fraction of sp³-hybridized carbons (Fsp3) is 0.308. The van der Waals surface area contributed by atoms with E-state index in [2.05, 4.69) is 26.0 Å². The zero-order chi connectivity index (χ0) is 10.1. The standard InChI is InChI=1S/C13H14O/c1-9-3-6-11(7-4-9)13-10(2)5-8-12(13)14/h3-4,6-7H,5,8H2,1-2H3. The van der Waals surface area contributed by atoms with E-state index in [9.17, 15) is 4.79 Å². The summed E-state index contributed by atoms with van der Waals surface area (Å²) in [5, 5.41) is 0. The van der Waals surface area contributed by atoms with Crippen molar-refractivity contribution in [2.24, 2.45) is 0 Å². The molecule has 0 saturated heterocycles. The molecular weight excluding hydrogens is 172 g/mol. The summed E-state index contributed by atoms with van der Waals surface area (Å²) in [5.74, 6) is 0.298. The van der Waals surface area contributed by atoms with Gasteiger partial charge >= 0.3 is 0 Å². The van der Waals surface area contributed by atoms with E-state index in [1.54, 1.807) is 0 Å². The van der Waals surface area contributed by atoms with E-state index in [-0.39, 0.29) is 0 Å². The van der Waals surface area contributed by atoms with E-state index < -0.39 is 0 Å². The van der Waals surface area contributed by atoms with Crippen molar-refractivity contribution in [2.75, 3.05) is 0 Å². The fourth-order valence-electron chi connectivity index (χ4n) is 1.92. The minimum atomic E-state index is 0.298. The maximum absolute atomic E-state index is 11.6. The van der Waals surface area contributed by atoms with E-state index in [0.29, 0.717) is 12.2 Å². The smallest absolute Gasteiger partial charge is 0.163 e. The molecule has 14 heavy (non-hydrogen) atoms. The first-order chi connectivity index (χ1) is 6.68. The molecule has 0 saturated carbocycles. The summed E-state index contributed by atoms with van der Waals surface area (Å²) >= 11 is 0. The van der Waals surface area contributed by atoms with Crippen LogP contribution in [0.2, 0.25) is 0 Å². The quantitative estimate of drug-likeness (QED) is 0.658. The van der Waals surface area contributed by atoms with Crippen LogP contribution in [0.3, 0.4) is 0 Å². The number of benzene rings is 1. The average Bonchev–Trinajstić information content (AvgIpc) is 2.49. The molecule has 0 bridgehead atoms. The summed E-state index contributed by atoms with van der Waals surface area (Å²) in [5.41, 5.74) is 4.50. The molecule has 0 unspecified atom stereocenters. The second-order valence-corrected chi connectivity index (χ2v) is 3.94. The van der Waals surface area contributed by atoms with Crippen LogP contribution in [-0.4, -0.2) is 5.78 Å². The van der Waals surface area contributed by atoms with Crippen molar-refractivity contribution in [1.29, 1.82) is 0 Å². The predicted octanol–water partition coefficient (Wildman–Crippen LogP) is 3.13. The third-order valence-corrected chi connectivity index (χ3v) is 2.77. The van der Waals surface area contributed by atoms with Gasteiger partial charge in [-0.05, 0) is 25.8 Å². The Kier molecular flexibility index (Phi) is 2.24. The van der Waals surface area contributed by atoms with E-state index in [1.165, 1.54) is 11.1 Å². The number of ketones is 1. The highest BCUT2D eigenvalue weighted by atomic mass is 16.1. The van der Waals surface area contributed by atoms with E-state index in [4.69, 9.17) is 0 Å². The maximum Gasteiger partial charge on any atom is 0.163 e. The van der Waals surface area contributed by atoms with Crippen LogP contribution in [0.15, 0.2) is 29.8 Å². The van der Waals surface area contributed by atoms with Gasteiger partial charge in [0.15, 0.2) is 5.78 Å². The number of hydrogen-bond donors (Lipinski definition) is 0. The van der Waals surface area contributed by atoms with Gasteiger partial charge in [-0.25, -0.2) is 0 Å². The van der Waals surface area contributed by atoms with Gasteiger partial charge in [0.2, 0.25) is 0 Å². The van der Waals surface area contributed by atoms with E-state index >= 15 is 0 Å². The number of aryl methyl sites for hydroxylation is 1. The Morgan fingerprint density at radius 1 is 1.00 bits per heavy atom. The van der Waals surface area contributed by atoms with Crippen molar-refractivity contribution in [3.8, 4) is 0 Å². The molecule has 1 aromatic rings. The third-order valence-electron chi connectivity index (χ3n) is 2.77. The molecule has 0 fully saturated rings. The number of rotatable bonds is 1. The van der Waals surface area contributed by atoms with Crippen molar-refractivity contribution in [2.45, 2.75) is 26.7 Å². The summed E-state index contributed by atoms with van der Waals surface area (Å²) in [6.45, 7) is 4.11. The highest BCUT2D eigenvalue weighted by molar-refractivity contribution is 6.23. The number of carbonyl (C=O) groups is 1. The summed E-state index contributed by atoms with van der Waals surface area (Å²) in [6.07, 6.45) is 1.62. The molecule has 0 aliphatic heterocycles. The van der Waals surface area contributed by atoms with E-state index in [0.717, 1.165) is 17.6 Å². The third kappa shape index (κ3) is 1.50. The second-order valence-electron chi connectivity index (χ2n) is 3.94. The van der Waals surface area contributed by atoms with Gasteiger partial charge in [-0.2, -0.15) is 0 Å². The number of hydrogen-bond acceptors (Lipinski definition) is 1. The van der Waals surface area contributed by atoms with Crippen LogP contribution in [0.1, 0.15) is 30.9 Å². The van der Waals surface area contributed by atoms with Gasteiger partial charge in [0.05, 0.1) is 0 Å². The molecule has 72 valence electrons. The first-order valence-electron chi connectivity index (χ1n) is 4.98. The highest BCUT2D eigenvalue weighted by Crippen LogP contribution is 2.30. The van der Waals surface area contributed by atoms with Gasteiger partial charge in [-0.3, -0.25) is 4.79 Å². The molecule has 1 aliphatic carbocycles. The Morgan fingerprint density at radius 2 is 1.64 bits per heavy atom. The Morgan fingerprint density at radius 3 is 2.14 bits per heavy atom. The maximum atomic E-state index is 11.6. The minimum absolute atomic E-state index is 0.298. The van der Waals surface area contributed by atoms with Crippen LogP contribution in [0.5, 0.6) is 0 Å². The van der Waals surface area contributed by atoms with Crippen molar-refractivity contribution in [3.63, 3.8) is 0 Å². The SMILES string of the molecule is CC1=C(c2ccc(C)cc2)C(=O)CC1. The normalized spacial score (nSPS) is 16.6. The molecule has 0 heterocycles. The van der Waals surface area contributed by atoms with Crippen LogP contribution < -0.4 is 0 Å². The van der Waals surface area contributed by atoms with Crippen molar-refractivity contribution < 1.29 is 4.79 Å². The van der Waals surface area contributed by atoms with Gasteiger partial charge in [0, 0.05) is 12.0 Å². The van der Waals surface area contributed by atoms with Crippen molar-refractivity contribution >= 4 is 11.4 Å². The molecular formula is C13H14O. The second kappa shape index (κ2) is 3.41. The first-order valence-corrected chi connectivity index (χ1v) is 4.98. The Balaban J connectivity index is 2.44. The van der Waals surface area contributed by atoms with E-state index in [1.807, 2.05) is 12.1 Å². The van der Waals surface area contributed by atoms with Crippen LogP contribution in [0, 0.1) is 6.92 Å². The lowest BCUT2D eigenvalue weighted by molar-refractivity contribution is -0.113. The molecule has 0 radical (unpaired) electrons. The molecule has 0 amide bonds. The Hall–Kier alpha value is -1.37. The zero-order valence-corrected chi connectivity index (χ0v) is 8.63. The fourth-order valence-corrected chi connectivity index (χ4v) is 1.92. The van der Waals surface area contributed by atoms with Crippen LogP contribution in [-0.2, 0) is 4.79 Å². The lowest BCUT2D eigenvalue weighted by Gasteiger charge is -2.03. The predicted molar refractivity (Wildman–Crippen MR) is 58.0 cm³/mol. The molecule has 0 spiro atoms. The first kappa shape index (κ1) is 9.20. The van der Waals surface area contributed by atoms with Crippen LogP contribution >= 0.6 is 0 Å². The Labute approximate surface area is 84.5 Å². The number of allylic oxidation sites excluding steroid dienone is 2. The molecule has 1 aromatic carbocycles. The Bertz CT molecular complexity index is 396. The number of Topliss-reactive ketones (excluding diaryl/α,β-unsaturated/α-hetero) is 1. The van der Waals surface area contributed by atoms with Crippen LogP contribution in [0.4, 0.5) is 0 Å². The van der Waals surface area contributed by atoms with Gasteiger partial charge in [0.25, 0.3) is 0 Å². The lowest BCUT2D eigenvalue weighted by atomic mass is 10.0. The molecule has 1 heteroatoms. The van der Waals surface area contributed by atoms with Gasteiger partial charge in [-0.15, -0.1) is 0 Å². The summed E-state index contributed by atoms with van der Waals surface area (Å²) < 4.78 is 0. The van der Waals surface area contributed by atoms with Crippen LogP contribution in [0.25, 0.3) is 5.57 Å². The summed E-state index contributed by atoms with van der Waals surface area (Å²) in [4.78, 5) is 11.6. The zero-order valence-electron chi connectivity index (χ0n) is 8.63. The monoisotopic (exact) mass is 186 g/mol. The van der Waals surface area contributed by atoms with Crippen molar-refractivity contribution in [3.05, 3.63) is 41.0 Å². The molecule has 1 aliphatic rings. The average molecular weight is 186 g/mol. The van der Waals surface area contributed by atoms with Crippen molar-refractivity contribution in [1.82, 2.24) is 0 Å². The largest absolute Gasteiger partial charge is 0.294 e. The minimum Gasteiger partial charge on any atom is -0.294 e. The van der Waals surface area contributed by atoms with Gasteiger partial charge < -0.3 is 0 Å². The highest BCUT2D eigenvalue weighted by Gasteiger charge is 2.20. The van der Waals surface area contributed by atoms with Gasteiger partial charge in [0.1, 0.15) is 0 Å². The molecule has 2 rings (SSSR count). The number of carbonyl (C=O) groups excluding carboxylic acids is 1. The summed E-state index contributed by atoms with van der Waals surface area (Å²) in [6, 6.07) is 8.19.